The van der Waals surface area contributed by atoms with Crippen molar-refractivity contribution in [1.29, 1.82) is 0 Å². The maximum Gasteiger partial charge on any atom is 0.151 e. The summed E-state index contributed by atoms with van der Waals surface area (Å²) in [5.74, 6) is 1.68. The molecule has 3 aromatic rings. The summed E-state index contributed by atoms with van der Waals surface area (Å²) in [5, 5.41) is 8.37. The molecule has 0 saturated carbocycles. The monoisotopic (exact) mass is 338 g/mol. The lowest BCUT2D eigenvalue weighted by Crippen LogP contribution is -2.18. The van der Waals surface area contributed by atoms with Crippen LogP contribution < -0.4 is 9.47 Å². The maximum absolute atomic E-state index is 5.97. The van der Waals surface area contributed by atoms with Gasteiger partial charge < -0.3 is 9.47 Å². The molecule has 2 heterocycles. The Kier molecular flexibility index (Phi) is 3.82. The molecule has 0 N–H and O–H groups in total. The number of aromatic nitrogens is 2. The quantitative estimate of drug-likeness (QED) is 0.683. The molecule has 24 heavy (non-hydrogen) atoms. The van der Waals surface area contributed by atoms with Gasteiger partial charge in [0.15, 0.2) is 5.15 Å². The van der Waals surface area contributed by atoms with Crippen LogP contribution in [0.1, 0.15) is 6.92 Å². The Hall–Kier alpha value is -2.59. The van der Waals surface area contributed by atoms with Crippen LogP contribution in [0.2, 0.25) is 5.15 Å². The Morgan fingerprint density at radius 1 is 0.958 bits per heavy atom. The van der Waals surface area contributed by atoms with Gasteiger partial charge in [0, 0.05) is 17.2 Å². The highest BCUT2D eigenvalue weighted by molar-refractivity contribution is 6.29. The van der Waals surface area contributed by atoms with E-state index in [0.717, 1.165) is 33.9 Å². The van der Waals surface area contributed by atoms with Gasteiger partial charge in [0.25, 0.3) is 0 Å². The molecule has 0 spiro atoms. The lowest BCUT2D eigenvalue weighted by atomic mass is 10.0. The lowest BCUT2D eigenvalue weighted by Gasteiger charge is -2.13. The van der Waals surface area contributed by atoms with Gasteiger partial charge in [-0.3, -0.25) is 0 Å². The largest absolute Gasteiger partial charge is 0.490 e. The number of ether oxygens (including phenoxy) is 2. The molecule has 4 nitrogen and oxygen atoms in total. The van der Waals surface area contributed by atoms with Crippen LogP contribution in [0.15, 0.2) is 54.6 Å². The van der Waals surface area contributed by atoms with Crippen LogP contribution in [-0.2, 0) is 0 Å². The van der Waals surface area contributed by atoms with Gasteiger partial charge in [-0.1, -0.05) is 35.9 Å². The fourth-order valence-electron chi connectivity index (χ4n) is 2.68. The molecule has 5 heteroatoms. The number of rotatable bonds is 2. The number of fused-ring (bicyclic) bond motifs is 2. The Bertz CT molecular complexity index is 864. The fraction of sp³-hybridized carbons (Fsp3) is 0.158. The van der Waals surface area contributed by atoms with E-state index in [0.29, 0.717) is 11.8 Å². The second kappa shape index (κ2) is 6.13. The van der Waals surface area contributed by atoms with E-state index in [1.807, 2.05) is 43.3 Å². The van der Waals surface area contributed by atoms with Crippen LogP contribution in [0, 0.1) is 0 Å². The maximum atomic E-state index is 5.97. The zero-order chi connectivity index (χ0) is 16.5. The third kappa shape index (κ3) is 2.93. The highest BCUT2D eigenvalue weighted by Gasteiger charge is 2.16. The summed E-state index contributed by atoms with van der Waals surface area (Å²) in [6.07, 6.45) is 0.0206. The smallest absolute Gasteiger partial charge is 0.151 e. The van der Waals surface area contributed by atoms with Crippen molar-refractivity contribution in [2.45, 2.75) is 13.0 Å². The van der Waals surface area contributed by atoms with Crippen molar-refractivity contribution in [2.75, 3.05) is 6.61 Å². The van der Waals surface area contributed by atoms with E-state index >= 15 is 0 Å². The summed E-state index contributed by atoms with van der Waals surface area (Å²) in [5.41, 5.74) is 3.90. The number of nitrogens with zero attached hydrogens (tertiary/aromatic N) is 2. The molecule has 1 aliphatic rings. The molecular weight excluding hydrogens is 324 g/mol. The highest BCUT2D eigenvalue weighted by atomic mass is 35.5. The van der Waals surface area contributed by atoms with Crippen LogP contribution in [0.3, 0.4) is 0 Å². The molecule has 2 aromatic carbocycles. The van der Waals surface area contributed by atoms with Gasteiger partial charge in [-0.05, 0) is 36.8 Å². The van der Waals surface area contributed by atoms with Gasteiger partial charge >= 0.3 is 0 Å². The van der Waals surface area contributed by atoms with Crippen LogP contribution in [-0.4, -0.2) is 22.9 Å². The molecule has 1 aromatic heterocycles. The number of halogens is 1. The molecular formula is C19H15ClN2O2. The Balaban J connectivity index is 1.68. The molecule has 1 atom stereocenters. The lowest BCUT2D eigenvalue weighted by molar-refractivity contribution is 0.155. The molecule has 0 saturated heterocycles. The third-order valence-electron chi connectivity index (χ3n) is 3.89. The molecule has 0 fully saturated rings. The summed E-state index contributed by atoms with van der Waals surface area (Å²) in [4.78, 5) is 0. The van der Waals surface area contributed by atoms with E-state index in [9.17, 15) is 0 Å². The van der Waals surface area contributed by atoms with Crippen molar-refractivity contribution in [3.05, 3.63) is 59.8 Å². The minimum atomic E-state index is 0.0206. The summed E-state index contributed by atoms with van der Waals surface area (Å²) in [7, 11) is 0. The van der Waals surface area contributed by atoms with E-state index in [1.54, 1.807) is 6.07 Å². The highest BCUT2D eigenvalue weighted by Crippen LogP contribution is 2.36. The molecule has 120 valence electrons. The summed E-state index contributed by atoms with van der Waals surface area (Å²) in [6, 6.07) is 17.7. The minimum Gasteiger partial charge on any atom is -0.490 e. The normalized spacial score (nSPS) is 16.0. The minimum absolute atomic E-state index is 0.0206. The Morgan fingerprint density at radius 3 is 2.50 bits per heavy atom. The SMILES string of the molecule is CC1COc2ccc(-c3ccc(-c4ccc(Cl)nn4)cc3)c(c2)O1. The van der Waals surface area contributed by atoms with Crippen molar-refractivity contribution >= 4 is 11.6 Å². The summed E-state index contributed by atoms with van der Waals surface area (Å²) < 4.78 is 11.6. The first kappa shape index (κ1) is 15.0. The molecule has 2 bridgehead atoms. The molecule has 1 unspecified atom stereocenters. The average molecular weight is 339 g/mol. The first-order chi connectivity index (χ1) is 11.7. The first-order valence-corrected chi connectivity index (χ1v) is 8.10. The van der Waals surface area contributed by atoms with Crippen molar-refractivity contribution < 1.29 is 9.47 Å². The van der Waals surface area contributed by atoms with Gasteiger partial charge in [0.2, 0.25) is 0 Å². The average Bonchev–Trinajstić information content (AvgIpc) is 2.75. The Morgan fingerprint density at radius 2 is 1.75 bits per heavy atom. The van der Waals surface area contributed by atoms with Gasteiger partial charge in [-0.15, -0.1) is 10.2 Å². The molecule has 0 aliphatic carbocycles. The van der Waals surface area contributed by atoms with Crippen molar-refractivity contribution in [1.82, 2.24) is 10.2 Å². The molecule has 0 radical (unpaired) electrons. The standard InChI is InChI=1S/C19H15ClN2O2/c1-12-11-23-15-6-7-16(18(10-15)24-12)13-2-4-14(5-3-13)17-8-9-19(20)22-21-17/h2-10,12H,11H2,1H3. The topological polar surface area (TPSA) is 44.2 Å². The zero-order valence-corrected chi connectivity index (χ0v) is 13.8. The Labute approximate surface area is 145 Å². The van der Waals surface area contributed by atoms with Crippen molar-refractivity contribution in [3.63, 3.8) is 0 Å². The van der Waals surface area contributed by atoms with Crippen LogP contribution in [0.5, 0.6) is 11.5 Å². The van der Waals surface area contributed by atoms with Gasteiger partial charge in [0.1, 0.15) is 24.2 Å². The van der Waals surface area contributed by atoms with E-state index < -0.39 is 0 Å². The fourth-order valence-corrected chi connectivity index (χ4v) is 2.78. The van der Waals surface area contributed by atoms with E-state index in [2.05, 4.69) is 22.3 Å². The first-order valence-electron chi connectivity index (χ1n) is 7.72. The van der Waals surface area contributed by atoms with E-state index in [4.69, 9.17) is 21.1 Å². The van der Waals surface area contributed by atoms with Crippen molar-refractivity contribution in [2.24, 2.45) is 0 Å². The third-order valence-corrected chi connectivity index (χ3v) is 4.09. The second-order valence-electron chi connectivity index (χ2n) is 5.72. The van der Waals surface area contributed by atoms with Crippen LogP contribution >= 0.6 is 11.6 Å². The van der Waals surface area contributed by atoms with Gasteiger partial charge in [-0.2, -0.15) is 0 Å². The number of benzene rings is 2. The number of hydrogen-bond donors (Lipinski definition) is 0. The predicted octanol–water partition coefficient (Wildman–Crippen LogP) is 4.62. The molecule has 4 rings (SSSR count). The van der Waals surface area contributed by atoms with E-state index in [1.165, 1.54) is 0 Å². The van der Waals surface area contributed by atoms with Gasteiger partial charge in [0.05, 0.1) is 5.69 Å². The number of hydrogen-bond acceptors (Lipinski definition) is 4. The van der Waals surface area contributed by atoms with Gasteiger partial charge in [-0.25, -0.2) is 0 Å². The van der Waals surface area contributed by atoms with Crippen LogP contribution in [0.25, 0.3) is 22.4 Å². The summed E-state index contributed by atoms with van der Waals surface area (Å²) >= 11 is 5.78. The molecule has 1 aliphatic heterocycles. The predicted molar refractivity (Wildman–Crippen MR) is 93.5 cm³/mol. The van der Waals surface area contributed by atoms with Crippen molar-refractivity contribution in [3.8, 4) is 33.9 Å². The van der Waals surface area contributed by atoms with Crippen LogP contribution in [0.4, 0.5) is 0 Å². The zero-order valence-electron chi connectivity index (χ0n) is 13.1. The summed E-state index contributed by atoms with van der Waals surface area (Å²) in [6.45, 7) is 2.56. The second-order valence-corrected chi connectivity index (χ2v) is 6.10. The molecule has 0 amide bonds. The van der Waals surface area contributed by atoms with E-state index in [-0.39, 0.29) is 6.10 Å².